The molecular weight excluding hydrogens is 376 g/mol. The number of carbonyl (C=O) groups excluding carboxylic acids is 1. The Morgan fingerprint density at radius 3 is 2.73 bits per heavy atom. The highest BCUT2D eigenvalue weighted by molar-refractivity contribution is 5.90. The third kappa shape index (κ3) is 4.23. The van der Waals surface area contributed by atoms with Gasteiger partial charge in [0.2, 0.25) is 0 Å². The largest absolute Gasteiger partial charge is 0.482 e. The molecule has 0 saturated heterocycles. The second-order valence-corrected chi connectivity index (χ2v) is 8.13. The van der Waals surface area contributed by atoms with Crippen molar-refractivity contribution in [2.24, 2.45) is 5.92 Å². The molecule has 1 aliphatic rings. The zero-order valence-electron chi connectivity index (χ0n) is 17.1. The van der Waals surface area contributed by atoms with Crippen LogP contribution in [0.3, 0.4) is 0 Å². The maximum atomic E-state index is 12.5. The number of fused-ring (bicyclic) bond motifs is 1. The van der Waals surface area contributed by atoms with Crippen LogP contribution in [0, 0.1) is 12.8 Å². The van der Waals surface area contributed by atoms with Crippen LogP contribution in [0.4, 0.5) is 0 Å². The van der Waals surface area contributed by atoms with Gasteiger partial charge in [-0.1, -0.05) is 48.5 Å². The molecule has 2 atom stereocenters. The van der Waals surface area contributed by atoms with E-state index in [0.29, 0.717) is 12.0 Å². The van der Waals surface area contributed by atoms with Gasteiger partial charge in [0.05, 0.1) is 5.56 Å². The summed E-state index contributed by atoms with van der Waals surface area (Å²) < 4.78 is 6.26. The second kappa shape index (κ2) is 8.70. The van der Waals surface area contributed by atoms with Crippen molar-refractivity contribution in [3.8, 4) is 5.75 Å². The predicted octanol–water partition coefficient (Wildman–Crippen LogP) is 5.60. The number of hydrogen-bond donors (Lipinski definition) is 1. The highest BCUT2D eigenvalue weighted by Crippen LogP contribution is 2.34. The van der Waals surface area contributed by atoms with Crippen molar-refractivity contribution in [3.63, 3.8) is 0 Å². The van der Waals surface area contributed by atoms with Crippen LogP contribution in [0.25, 0.3) is 10.8 Å². The molecule has 0 radical (unpaired) electrons. The minimum Gasteiger partial charge on any atom is -0.482 e. The molecule has 30 heavy (non-hydrogen) atoms. The highest BCUT2D eigenvalue weighted by atomic mass is 16.5. The van der Waals surface area contributed by atoms with Gasteiger partial charge >= 0.3 is 5.97 Å². The molecule has 3 aromatic rings. The van der Waals surface area contributed by atoms with Gasteiger partial charge in [0.15, 0.2) is 11.9 Å². The smallest absolute Gasteiger partial charge is 0.335 e. The molecular formula is C26H26O4. The number of Topliss-reactive ketones (excluding diaryl/α,β-unsaturated/α-hetero) is 1. The maximum Gasteiger partial charge on any atom is 0.335 e. The van der Waals surface area contributed by atoms with E-state index in [9.17, 15) is 14.7 Å². The van der Waals surface area contributed by atoms with Crippen LogP contribution in [0.15, 0.2) is 60.7 Å². The number of carboxylic acid groups (broad SMARTS) is 1. The summed E-state index contributed by atoms with van der Waals surface area (Å²) >= 11 is 0. The van der Waals surface area contributed by atoms with Gasteiger partial charge in [-0.25, -0.2) is 4.79 Å². The van der Waals surface area contributed by atoms with Gasteiger partial charge < -0.3 is 9.84 Å². The first-order valence-electron chi connectivity index (χ1n) is 10.5. The summed E-state index contributed by atoms with van der Waals surface area (Å²) in [6.07, 6.45) is 3.60. The van der Waals surface area contributed by atoms with Gasteiger partial charge in [0.1, 0.15) is 5.75 Å². The van der Waals surface area contributed by atoms with Crippen LogP contribution >= 0.6 is 0 Å². The Hall–Kier alpha value is -3.14. The monoisotopic (exact) mass is 402 g/mol. The van der Waals surface area contributed by atoms with E-state index < -0.39 is 12.1 Å². The number of aryl methyl sites for hydroxylation is 2. The third-order valence-electron chi connectivity index (χ3n) is 6.08. The zero-order chi connectivity index (χ0) is 21.1. The first kappa shape index (κ1) is 20.1. The van der Waals surface area contributed by atoms with E-state index >= 15 is 0 Å². The summed E-state index contributed by atoms with van der Waals surface area (Å²) in [4.78, 5) is 23.9. The number of carboxylic acids is 1. The molecule has 1 saturated carbocycles. The molecule has 4 heteroatoms. The van der Waals surface area contributed by atoms with Crippen LogP contribution in [0.1, 0.15) is 47.2 Å². The Kier molecular flexibility index (Phi) is 5.84. The Bertz CT molecular complexity index is 1080. The quantitative estimate of drug-likeness (QED) is 0.559. The molecule has 1 N–H and O–H groups in total. The fraction of sp³-hybridized carbons (Fsp3) is 0.308. The molecule has 0 bridgehead atoms. The molecule has 0 spiro atoms. The zero-order valence-corrected chi connectivity index (χ0v) is 17.1. The molecule has 1 unspecified atom stereocenters. The summed E-state index contributed by atoms with van der Waals surface area (Å²) in [5.74, 6) is 0.250. The number of hydrogen-bond acceptors (Lipinski definition) is 3. The molecule has 0 aliphatic heterocycles. The Labute approximate surface area is 176 Å². The first-order valence-corrected chi connectivity index (χ1v) is 10.5. The number of ether oxygens (including phenoxy) is 1. The minimum absolute atomic E-state index is 0.177. The Morgan fingerprint density at radius 2 is 1.90 bits per heavy atom. The topological polar surface area (TPSA) is 63.6 Å². The minimum atomic E-state index is -0.890. The van der Waals surface area contributed by atoms with Crippen LogP contribution < -0.4 is 4.74 Å². The van der Waals surface area contributed by atoms with Gasteiger partial charge in [0, 0.05) is 17.7 Å². The lowest BCUT2D eigenvalue weighted by atomic mass is 9.95. The molecule has 0 heterocycles. The number of ketones is 1. The number of rotatable bonds is 7. The molecule has 0 amide bonds. The maximum absolute atomic E-state index is 12.5. The van der Waals surface area contributed by atoms with E-state index in [1.807, 2.05) is 61.5 Å². The lowest BCUT2D eigenvalue weighted by Gasteiger charge is -2.21. The van der Waals surface area contributed by atoms with Gasteiger partial charge in [-0.05, 0) is 61.3 Å². The summed E-state index contributed by atoms with van der Waals surface area (Å²) in [6, 6.07) is 19.6. The van der Waals surface area contributed by atoms with Gasteiger partial charge in [-0.2, -0.15) is 0 Å². The Balaban J connectivity index is 1.42. The molecule has 3 aromatic carbocycles. The van der Waals surface area contributed by atoms with E-state index in [2.05, 4.69) is 0 Å². The number of benzene rings is 3. The fourth-order valence-corrected chi connectivity index (χ4v) is 4.40. The van der Waals surface area contributed by atoms with Crippen LogP contribution in [-0.4, -0.2) is 23.0 Å². The number of carbonyl (C=O) groups is 2. The normalized spacial score (nSPS) is 18.6. The average molecular weight is 402 g/mol. The molecule has 154 valence electrons. The third-order valence-corrected chi connectivity index (χ3v) is 6.08. The predicted molar refractivity (Wildman–Crippen MR) is 117 cm³/mol. The molecule has 4 nitrogen and oxygen atoms in total. The van der Waals surface area contributed by atoms with Crippen molar-refractivity contribution < 1.29 is 19.4 Å². The van der Waals surface area contributed by atoms with Crippen LogP contribution in [0.5, 0.6) is 5.75 Å². The van der Waals surface area contributed by atoms with E-state index in [1.54, 1.807) is 6.07 Å². The second-order valence-electron chi connectivity index (χ2n) is 8.13. The van der Waals surface area contributed by atoms with Crippen molar-refractivity contribution >= 4 is 22.5 Å². The van der Waals surface area contributed by atoms with Crippen molar-refractivity contribution in [2.45, 2.75) is 45.1 Å². The van der Waals surface area contributed by atoms with E-state index in [1.165, 1.54) is 0 Å². The van der Waals surface area contributed by atoms with E-state index in [0.717, 1.165) is 53.3 Å². The van der Waals surface area contributed by atoms with Crippen LogP contribution in [-0.2, 0) is 11.2 Å². The summed E-state index contributed by atoms with van der Waals surface area (Å²) in [7, 11) is 0. The van der Waals surface area contributed by atoms with Gasteiger partial charge in [-0.3, -0.25) is 4.79 Å². The molecule has 0 aromatic heterocycles. The standard InChI is InChI=1S/C26H26O4/c1-17-12-13-18(16-22(17)26(28)29)6-4-9-20-14-15-23(27)25(20)30-24-11-5-8-19-7-2-3-10-21(19)24/h2-3,5,7-8,10-13,16,20,25H,4,6,9,14-15H2,1H3,(H,28,29)/t20-,25?/m0/s1. The Morgan fingerprint density at radius 1 is 1.10 bits per heavy atom. The number of aromatic carboxylic acids is 1. The molecule has 4 rings (SSSR count). The average Bonchev–Trinajstić information content (AvgIpc) is 3.09. The SMILES string of the molecule is Cc1ccc(CCC[C@H]2CCC(=O)C2Oc2cccc3ccccc23)cc1C(=O)O. The summed E-state index contributed by atoms with van der Waals surface area (Å²) in [5, 5.41) is 11.4. The lowest BCUT2D eigenvalue weighted by molar-refractivity contribution is -0.124. The summed E-state index contributed by atoms with van der Waals surface area (Å²) in [6.45, 7) is 1.81. The van der Waals surface area contributed by atoms with Crippen molar-refractivity contribution in [1.82, 2.24) is 0 Å². The fourth-order valence-electron chi connectivity index (χ4n) is 4.40. The molecule has 1 aliphatic carbocycles. The first-order chi connectivity index (χ1) is 14.5. The van der Waals surface area contributed by atoms with Crippen LogP contribution in [0.2, 0.25) is 0 Å². The van der Waals surface area contributed by atoms with Crippen molar-refractivity contribution in [1.29, 1.82) is 0 Å². The lowest BCUT2D eigenvalue weighted by Crippen LogP contribution is -2.28. The van der Waals surface area contributed by atoms with Crippen molar-refractivity contribution in [2.75, 3.05) is 0 Å². The highest BCUT2D eigenvalue weighted by Gasteiger charge is 2.36. The van der Waals surface area contributed by atoms with E-state index in [4.69, 9.17) is 4.74 Å². The van der Waals surface area contributed by atoms with E-state index in [-0.39, 0.29) is 11.7 Å². The van der Waals surface area contributed by atoms with Gasteiger partial charge in [-0.15, -0.1) is 0 Å². The summed E-state index contributed by atoms with van der Waals surface area (Å²) in [5.41, 5.74) is 2.16. The van der Waals surface area contributed by atoms with Crippen molar-refractivity contribution in [3.05, 3.63) is 77.4 Å². The van der Waals surface area contributed by atoms with Gasteiger partial charge in [0.25, 0.3) is 0 Å². The molecule has 1 fully saturated rings.